The number of hydrogen-bond donors (Lipinski definition) is 2. The maximum atomic E-state index is 11.4. The zero-order valence-electron chi connectivity index (χ0n) is 9.48. The summed E-state index contributed by atoms with van der Waals surface area (Å²) in [4.78, 5) is 11.4. The Morgan fingerprint density at radius 1 is 1.44 bits per heavy atom. The van der Waals surface area contributed by atoms with Crippen LogP contribution < -0.4 is 15.8 Å². The Bertz CT molecular complexity index is 314. The molecule has 88 valence electrons. The quantitative estimate of drug-likeness (QED) is 0.799. The zero-order chi connectivity index (χ0) is 11.8. The van der Waals surface area contributed by atoms with Gasteiger partial charge in [-0.15, -0.1) is 0 Å². The summed E-state index contributed by atoms with van der Waals surface area (Å²) in [5.74, 6) is 0.547. The van der Waals surface area contributed by atoms with E-state index in [-0.39, 0.29) is 6.04 Å². The molecular weight excluding hydrogens is 204 g/mol. The fourth-order valence-corrected chi connectivity index (χ4v) is 1.32. The standard InChI is InChI=1S/C12H18N2O2/c1-10(6-5-9-13)14-12(15)16-11-7-3-2-4-8-11/h2-4,7-8,10H,5-6,9,13H2,1H3,(H,14,15). The molecular formula is C12H18N2O2. The van der Waals surface area contributed by atoms with Gasteiger partial charge >= 0.3 is 6.09 Å². The van der Waals surface area contributed by atoms with Crippen molar-refractivity contribution in [1.82, 2.24) is 5.32 Å². The molecule has 0 aliphatic rings. The number of amides is 1. The summed E-state index contributed by atoms with van der Waals surface area (Å²) < 4.78 is 5.08. The van der Waals surface area contributed by atoms with Crippen molar-refractivity contribution in [3.63, 3.8) is 0 Å². The molecule has 1 unspecified atom stereocenters. The van der Waals surface area contributed by atoms with Gasteiger partial charge in [0.05, 0.1) is 0 Å². The average Bonchev–Trinajstić information content (AvgIpc) is 2.27. The predicted octanol–water partition coefficient (Wildman–Crippen LogP) is 1.90. The first kappa shape index (κ1) is 12.5. The van der Waals surface area contributed by atoms with Gasteiger partial charge in [0.2, 0.25) is 0 Å². The lowest BCUT2D eigenvalue weighted by Crippen LogP contribution is -2.35. The molecule has 0 spiro atoms. The van der Waals surface area contributed by atoms with Crippen LogP contribution in [0.5, 0.6) is 5.75 Å². The molecule has 1 aromatic rings. The second-order valence-corrected chi connectivity index (χ2v) is 3.68. The molecule has 0 bridgehead atoms. The highest BCUT2D eigenvalue weighted by Gasteiger charge is 2.08. The van der Waals surface area contributed by atoms with Crippen LogP contribution in [0.4, 0.5) is 4.79 Å². The molecule has 0 saturated heterocycles. The molecule has 0 saturated carbocycles. The maximum absolute atomic E-state index is 11.4. The topological polar surface area (TPSA) is 64.3 Å². The molecule has 0 aromatic heterocycles. The second kappa shape index (κ2) is 6.85. The van der Waals surface area contributed by atoms with Crippen molar-refractivity contribution in [3.05, 3.63) is 30.3 Å². The third-order valence-electron chi connectivity index (χ3n) is 2.16. The van der Waals surface area contributed by atoms with E-state index in [2.05, 4.69) is 5.32 Å². The van der Waals surface area contributed by atoms with Gasteiger partial charge in [0, 0.05) is 6.04 Å². The Hall–Kier alpha value is -1.55. The molecule has 1 aromatic carbocycles. The van der Waals surface area contributed by atoms with Crippen molar-refractivity contribution < 1.29 is 9.53 Å². The Kier molecular flexibility index (Phi) is 5.36. The summed E-state index contributed by atoms with van der Waals surface area (Å²) in [6, 6.07) is 9.07. The van der Waals surface area contributed by atoms with Crippen molar-refractivity contribution in [2.24, 2.45) is 5.73 Å². The van der Waals surface area contributed by atoms with Crippen molar-refractivity contribution in [2.75, 3.05) is 6.54 Å². The van der Waals surface area contributed by atoms with Crippen molar-refractivity contribution in [2.45, 2.75) is 25.8 Å². The summed E-state index contributed by atoms with van der Waals surface area (Å²) in [5.41, 5.74) is 5.39. The van der Waals surface area contributed by atoms with Gasteiger partial charge in [0.15, 0.2) is 0 Å². The minimum atomic E-state index is -0.421. The van der Waals surface area contributed by atoms with Crippen LogP contribution in [-0.4, -0.2) is 18.7 Å². The van der Waals surface area contributed by atoms with Gasteiger partial charge < -0.3 is 15.8 Å². The van der Waals surface area contributed by atoms with Gasteiger partial charge in [-0.1, -0.05) is 18.2 Å². The SMILES string of the molecule is CC(CCCN)NC(=O)Oc1ccccc1. The summed E-state index contributed by atoms with van der Waals surface area (Å²) in [6.07, 6.45) is 1.34. The number of carbonyl (C=O) groups excluding carboxylic acids is 1. The fraction of sp³-hybridized carbons (Fsp3) is 0.417. The number of nitrogens with one attached hydrogen (secondary N) is 1. The third kappa shape index (κ3) is 4.79. The summed E-state index contributed by atoms with van der Waals surface area (Å²) in [6.45, 7) is 2.57. The molecule has 0 heterocycles. The second-order valence-electron chi connectivity index (χ2n) is 3.68. The minimum Gasteiger partial charge on any atom is -0.410 e. The average molecular weight is 222 g/mol. The molecule has 4 nitrogen and oxygen atoms in total. The van der Waals surface area contributed by atoms with Crippen LogP contribution in [0.15, 0.2) is 30.3 Å². The first-order chi connectivity index (χ1) is 7.72. The van der Waals surface area contributed by atoms with Crippen LogP contribution in [0.1, 0.15) is 19.8 Å². The number of ether oxygens (including phenoxy) is 1. The van der Waals surface area contributed by atoms with E-state index < -0.39 is 6.09 Å². The lowest BCUT2D eigenvalue weighted by molar-refractivity contribution is 0.196. The van der Waals surface area contributed by atoms with Gasteiger partial charge in [-0.3, -0.25) is 0 Å². The largest absolute Gasteiger partial charge is 0.412 e. The van der Waals surface area contributed by atoms with Crippen LogP contribution in [0.3, 0.4) is 0 Å². The molecule has 0 aliphatic carbocycles. The summed E-state index contributed by atoms with van der Waals surface area (Å²) >= 11 is 0. The molecule has 1 rings (SSSR count). The number of rotatable bonds is 5. The predicted molar refractivity (Wildman–Crippen MR) is 63.4 cm³/mol. The number of nitrogens with two attached hydrogens (primary N) is 1. The molecule has 4 heteroatoms. The van der Waals surface area contributed by atoms with E-state index in [9.17, 15) is 4.79 Å². The van der Waals surface area contributed by atoms with Gasteiger partial charge in [0.25, 0.3) is 0 Å². The number of carbonyl (C=O) groups is 1. The first-order valence-corrected chi connectivity index (χ1v) is 5.46. The smallest absolute Gasteiger partial charge is 0.410 e. The number of hydrogen-bond acceptors (Lipinski definition) is 3. The van der Waals surface area contributed by atoms with Gasteiger partial charge in [-0.05, 0) is 38.4 Å². The van der Waals surface area contributed by atoms with Crippen LogP contribution in [0.2, 0.25) is 0 Å². The van der Waals surface area contributed by atoms with Gasteiger partial charge in [-0.2, -0.15) is 0 Å². The van der Waals surface area contributed by atoms with Crippen LogP contribution in [-0.2, 0) is 0 Å². The third-order valence-corrected chi connectivity index (χ3v) is 2.16. The van der Waals surface area contributed by atoms with E-state index in [4.69, 9.17) is 10.5 Å². The van der Waals surface area contributed by atoms with E-state index in [1.54, 1.807) is 12.1 Å². The lowest BCUT2D eigenvalue weighted by Gasteiger charge is -2.13. The normalized spacial score (nSPS) is 11.9. The molecule has 16 heavy (non-hydrogen) atoms. The maximum Gasteiger partial charge on any atom is 0.412 e. The van der Waals surface area contributed by atoms with Crippen LogP contribution >= 0.6 is 0 Å². The lowest BCUT2D eigenvalue weighted by atomic mass is 10.2. The molecule has 3 N–H and O–H groups in total. The van der Waals surface area contributed by atoms with E-state index in [0.717, 1.165) is 12.8 Å². The Morgan fingerprint density at radius 2 is 2.12 bits per heavy atom. The zero-order valence-corrected chi connectivity index (χ0v) is 9.48. The highest BCUT2D eigenvalue weighted by atomic mass is 16.6. The van der Waals surface area contributed by atoms with E-state index in [1.165, 1.54) is 0 Å². The minimum absolute atomic E-state index is 0.0831. The number of para-hydroxylation sites is 1. The fourth-order valence-electron chi connectivity index (χ4n) is 1.32. The monoisotopic (exact) mass is 222 g/mol. The summed E-state index contributed by atoms with van der Waals surface area (Å²) in [7, 11) is 0. The first-order valence-electron chi connectivity index (χ1n) is 5.46. The molecule has 0 fully saturated rings. The summed E-state index contributed by atoms with van der Waals surface area (Å²) in [5, 5.41) is 2.75. The Balaban J connectivity index is 2.31. The van der Waals surface area contributed by atoms with Gasteiger partial charge in [-0.25, -0.2) is 4.79 Å². The van der Waals surface area contributed by atoms with Crippen molar-refractivity contribution >= 4 is 6.09 Å². The molecule has 1 amide bonds. The van der Waals surface area contributed by atoms with Crippen LogP contribution in [0.25, 0.3) is 0 Å². The molecule has 0 aliphatic heterocycles. The highest BCUT2D eigenvalue weighted by Crippen LogP contribution is 2.08. The Labute approximate surface area is 95.8 Å². The highest BCUT2D eigenvalue weighted by molar-refractivity contribution is 5.70. The Morgan fingerprint density at radius 3 is 2.75 bits per heavy atom. The molecule has 1 atom stereocenters. The number of benzene rings is 1. The van der Waals surface area contributed by atoms with Gasteiger partial charge in [0.1, 0.15) is 5.75 Å². The van der Waals surface area contributed by atoms with Crippen molar-refractivity contribution in [3.8, 4) is 5.75 Å². The van der Waals surface area contributed by atoms with E-state index >= 15 is 0 Å². The van der Waals surface area contributed by atoms with Crippen molar-refractivity contribution in [1.29, 1.82) is 0 Å². The molecule has 0 radical (unpaired) electrons. The van der Waals surface area contributed by atoms with E-state index in [0.29, 0.717) is 12.3 Å². The van der Waals surface area contributed by atoms with E-state index in [1.807, 2.05) is 25.1 Å². The van der Waals surface area contributed by atoms with Crippen LogP contribution in [0, 0.1) is 0 Å².